The van der Waals surface area contributed by atoms with Crippen molar-refractivity contribution in [3.8, 4) is 0 Å². The van der Waals surface area contributed by atoms with E-state index in [1.165, 1.54) is 0 Å². The van der Waals surface area contributed by atoms with Gasteiger partial charge in [-0.25, -0.2) is 0 Å². The smallest absolute Gasteiger partial charge is 0.227 e. The number of carbonyl (C=O) groups is 3. The molecule has 0 bridgehead atoms. The van der Waals surface area contributed by atoms with E-state index in [-0.39, 0.29) is 30.1 Å². The molecule has 0 aliphatic carbocycles. The Morgan fingerprint density at radius 3 is 2.61 bits per heavy atom. The lowest BCUT2D eigenvalue weighted by molar-refractivity contribution is -0.126. The highest BCUT2D eigenvalue weighted by Crippen LogP contribution is 2.24. The number of anilines is 1. The molecule has 1 aliphatic rings. The summed E-state index contributed by atoms with van der Waals surface area (Å²) in [6, 6.07) is 14.9. The van der Waals surface area contributed by atoms with E-state index in [4.69, 9.17) is 0 Å². The number of carbonyl (C=O) groups excluding carboxylic acids is 3. The number of rotatable bonds is 8. The molecule has 1 aliphatic heterocycles. The SMILES string of the molecule is O=C(CCCNC(=O)C1CC(=O)N(c2ccccc2)C1)NCc1ccccn1. The van der Waals surface area contributed by atoms with Crippen molar-refractivity contribution in [3.05, 3.63) is 60.4 Å². The molecule has 0 spiro atoms. The van der Waals surface area contributed by atoms with E-state index in [2.05, 4.69) is 15.6 Å². The van der Waals surface area contributed by atoms with Gasteiger partial charge < -0.3 is 15.5 Å². The first-order valence-electron chi connectivity index (χ1n) is 9.43. The predicted octanol–water partition coefficient (Wildman–Crippen LogP) is 1.65. The topological polar surface area (TPSA) is 91.4 Å². The number of amides is 3. The molecule has 7 nitrogen and oxygen atoms in total. The molecule has 0 saturated carbocycles. The maximum Gasteiger partial charge on any atom is 0.227 e. The van der Waals surface area contributed by atoms with Crippen molar-refractivity contribution in [2.45, 2.75) is 25.8 Å². The van der Waals surface area contributed by atoms with E-state index in [1.54, 1.807) is 11.1 Å². The van der Waals surface area contributed by atoms with Gasteiger partial charge in [-0.1, -0.05) is 24.3 Å². The zero-order valence-electron chi connectivity index (χ0n) is 15.6. The van der Waals surface area contributed by atoms with Crippen LogP contribution >= 0.6 is 0 Å². The predicted molar refractivity (Wildman–Crippen MR) is 105 cm³/mol. The zero-order valence-corrected chi connectivity index (χ0v) is 15.6. The molecule has 1 fully saturated rings. The monoisotopic (exact) mass is 380 g/mol. The Kier molecular flexibility index (Phi) is 6.73. The number of para-hydroxylation sites is 1. The highest BCUT2D eigenvalue weighted by atomic mass is 16.2. The van der Waals surface area contributed by atoms with Crippen LogP contribution in [0.1, 0.15) is 25.0 Å². The minimum atomic E-state index is -0.356. The molecule has 0 radical (unpaired) electrons. The summed E-state index contributed by atoms with van der Waals surface area (Å²) in [6.45, 7) is 1.19. The number of aromatic nitrogens is 1. The molecule has 2 N–H and O–H groups in total. The summed E-state index contributed by atoms with van der Waals surface area (Å²) in [6.07, 6.45) is 2.77. The van der Waals surface area contributed by atoms with Gasteiger partial charge in [0.15, 0.2) is 0 Å². The second-order valence-electron chi connectivity index (χ2n) is 6.73. The van der Waals surface area contributed by atoms with Gasteiger partial charge in [-0.3, -0.25) is 19.4 Å². The van der Waals surface area contributed by atoms with Gasteiger partial charge in [-0.2, -0.15) is 0 Å². The number of hydrogen-bond acceptors (Lipinski definition) is 4. The quantitative estimate of drug-likeness (QED) is 0.681. The highest BCUT2D eigenvalue weighted by molar-refractivity contribution is 6.00. The van der Waals surface area contributed by atoms with Gasteiger partial charge in [0, 0.05) is 37.8 Å². The molecule has 1 aromatic carbocycles. The maximum atomic E-state index is 12.3. The third kappa shape index (κ3) is 5.39. The summed E-state index contributed by atoms with van der Waals surface area (Å²) in [4.78, 5) is 42.2. The van der Waals surface area contributed by atoms with Gasteiger partial charge in [0.05, 0.1) is 18.2 Å². The Morgan fingerprint density at radius 1 is 1.07 bits per heavy atom. The van der Waals surface area contributed by atoms with E-state index in [0.29, 0.717) is 32.5 Å². The largest absolute Gasteiger partial charge is 0.356 e. The Bertz CT molecular complexity index is 811. The van der Waals surface area contributed by atoms with Crippen molar-refractivity contribution < 1.29 is 14.4 Å². The molecule has 1 saturated heterocycles. The molecule has 3 amide bonds. The summed E-state index contributed by atoms with van der Waals surface area (Å²) in [5.74, 6) is -0.613. The number of pyridine rings is 1. The lowest BCUT2D eigenvalue weighted by atomic mass is 10.1. The van der Waals surface area contributed by atoms with E-state index >= 15 is 0 Å². The number of hydrogen-bond donors (Lipinski definition) is 2. The van der Waals surface area contributed by atoms with E-state index in [1.807, 2.05) is 48.5 Å². The van der Waals surface area contributed by atoms with Gasteiger partial charge in [0.25, 0.3) is 0 Å². The summed E-state index contributed by atoms with van der Waals surface area (Å²) in [7, 11) is 0. The van der Waals surface area contributed by atoms with Crippen molar-refractivity contribution in [2.75, 3.05) is 18.0 Å². The van der Waals surface area contributed by atoms with Crippen molar-refractivity contribution in [1.29, 1.82) is 0 Å². The fourth-order valence-electron chi connectivity index (χ4n) is 3.13. The molecular weight excluding hydrogens is 356 g/mol. The first-order chi connectivity index (χ1) is 13.6. The molecule has 1 aromatic heterocycles. The number of benzene rings is 1. The standard InChI is InChI=1S/C21H24N4O3/c26-19(24-14-17-7-4-5-11-22-17)10-6-12-23-21(28)16-13-20(27)25(15-16)18-8-2-1-3-9-18/h1-5,7-9,11,16H,6,10,12-15H2,(H,23,28)(H,24,26). The van der Waals surface area contributed by atoms with Crippen molar-refractivity contribution in [3.63, 3.8) is 0 Å². The summed E-state index contributed by atoms with van der Waals surface area (Å²) >= 11 is 0. The molecule has 2 heterocycles. The van der Waals surface area contributed by atoms with Crippen LogP contribution in [-0.4, -0.2) is 35.8 Å². The first kappa shape index (κ1) is 19.5. The second-order valence-corrected chi connectivity index (χ2v) is 6.73. The number of nitrogens with one attached hydrogen (secondary N) is 2. The fourth-order valence-corrected chi connectivity index (χ4v) is 3.13. The molecule has 28 heavy (non-hydrogen) atoms. The molecular formula is C21H24N4O3. The van der Waals surface area contributed by atoms with Crippen molar-refractivity contribution in [1.82, 2.24) is 15.6 Å². The van der Waals surface area contributed by atoms with Gasteiger partial charge in [0.1, 0.15) is 0 Å². The maximum absolute atomic E-state index is 12.3. The average Bonchev–Trinajstić information content (AvgIpc) is 3.13. The van der Waals surface area contributed by atoms with Crippen molar-refractivity contribution in [2.24, 2.45) is 5.92 Å². The minimum absolute atomic E-state index is 0.0414. The lowest BCUT2D eigenvalue weighted by Gasteiger charge is -2.16. The number of nitrogens with zero attached hydrogens (tertiary/aromatic N) is 2. The molecule has 7 heteroatoms. The second kappa shape index (κ2) is 9.64. The van der Waals surface area contributed by atoms with E-state index < -0.39 is 0 Å². The van der Waals surface area contributed by atoms with Gasteiger partial charge in [0.2, 0.25) is 17.7 Å². The molecule has 3 rings (SSSR count). The third-order valence-electron chi connectivity index (χ3n) is 4.64. The molecule has 1 atom stereocenters. The Morgan fingerprint density at radius 2 is 1.86 bits per heavy atom. The van der Waals surface area contributed by atoms with Crippen LogP contribution in [0, 0.1) is 5.92 Å². The molecule has 2 aromatic rings. The van der Waals surface area contributed by atoms with Crippen LogP contribution in [0.5, 0.6) is 0 Å². The molecule has 146 valence electrons. The van der Waals surface area contributed by atoms with Gasteiger partial charge in [-0.05, 0) is 30.7 Å². The van der Waals surface area contributed by atoms with Crippen LogP contribution in [0.25, 0.3) is 0 Å². The summed E-state index contributed by atoms with van der Waals surface area (Å²) in [5.41, 5.74) is 1.62. The van der Waals surface area contributed by atoms with Gasteiger partial charge >= 0.3 is 0 Å². The molecule has 1 unspecified atom stereocenters. The van der Waals surface area contributed by atoms with Crippen LogP contribution in [-0.2, 0) is 20.9 Å². The van der Waals surface area contributed by atoms with Gasteiger partial charge in [-0.15, -0.1) is 0 Å². The first-order valence-corrected chi connectivity index (χ1v) is 9.43. The van der Waals surface area contributed by atoms with Crippen LogP contribution in [0.15, 0.2) is 54.7 Å². The van der Waals surface area contributed by atoms with Crippen LogP contribution in [0.4, 0.5) is 5.69 Å². The average molecular weight is 380 g/mol. The minimum Gasteiger partial charge on any atom is -0.356 e. The van der Waals surface area contributed by atoms with Crippen LogP contribution in [0.3, 0.4) is 0 Å². The summed E-state index contributed by atoms with van der Waals surface area (Å²) in [5, 5.41) is 5.64. The fraction of sp³-hybridized carbons (Fsp3) is 0.333. The van der Waals surface area contributed by atoms with Crippen LogP contribution < -0.4 is 15.5 Å². The van der Waals surface area contributed by atoms with E-state index in [9.17, 15) is 14.4 Å². The van der Waals surface area contributed by atoms with Crippen molar-refractivity contribution >= 4 is 23.4 Å². The van der Waals surface area contributed by atoms with E-state index in [0.717, 1.165) is 11.4 Å². The summed E-state index contributed by atoms with van der Waals surface area (Å²) < 4.78 is 0. The zero-order chi connectivity index (χ0) is 19.8. The van der Waals surface area contributed by atoms with Crippen LogP contribution in [0.2, 0.25) is 0 Å². The third-order valence-corrected chi connectivity index (χ3v) is 4.64. The Labute approximate surface area is 164 Å². The Balaban J connectivity index is 1.34. The Hall–Kier alpha value is -3.22. The highest BCUT2D eigenvalue weighted by Gasteiger charge is 2.34. The lowest BCUT2D eigenvalue weighted by Crippen LogP contribution is -2.34. The normalized spacial score (nSPS) is 16.1.